The molecular weight excluding hydrogens is 246 g/mol. The second-order valence-electron chi connectivity index (χ2n) is 6.27. The second-order valence-corrected chi connectivity index (χ2v) is 6.27. The first-order valence-electron chi connectivity index (χ1n) is 8.03. The zero-order chi connectivity index (χ0) is 14.4. The number of hydrogen-bond donors (Lipinski definition) is 1. The van der Waals surface area contributed by atoms with Gasteiger partial charge in [-0.05, 0) is 42.7 Å². The number of benzene rings is 1. The highest BCUT2D eigenvalue weighted by atomic mass is 16.1. The smallest absolute Gasteiger partial charge is 0.223 e. The minimum absolute atomic E-state index is 0.276. The lowest BCUT2D eigenvalue weighted by molar-refractivity contribution is -0.124. The largest absolute Gasteiger partial charge is 0.356 e. The van der Waals surface area contributed by atoms with Crippen molar-refractivity contribution in [3.05, 3.63) is 35.4 Å². The summed E-state index contributed by atoms with van der Waals surface area (Å²) in [5, 5.41) is 3.09. The van der Waals surface area contributed by atoms with Crippen molar-refractivity contribution >= 4 is 5.91 Å². The average Bonchev–Trinajstić information content (AvgIpc) is 2.98. The Morgan fingerprint density at radius 2 is 1.85 bits per heavy atom. The van der Waals surface area contributed by atoms with Crippen LogP contribution in [0.1, 0.15) is 63.0 Å². The topological polar surface area (TPSA) is 29.1 Å². The van der Waals surface area contributed by atoms with Crippen LogP contribution in [-0.2, 0) is 11.2 Å². The molecule has 0 aliphatic heterocycles. The Bertz CT molecular complexity index is 416. The van der Waals surface area contributed by atoms with Crippen LogP contribution in [0.3, 0.4) is 0 Å². The summed E-state index contributed by atoms with van der Waals surface area (Å²) >= 11 is 0. The molecule has 0 radical (unpaired) electrons. The standard InChI is InChI=1S/C18H27NO/c1-14(2)16-11-9-15(10-12-16)6-5-13-19-18(20)17-7-3-4-8-17/h9-12,14,17H,3-8,13H2,1-2H3,(H,19,20). The first kappa shape index (κ1) is 15.1. The molecule has 0 atom stereocenters. The van der Waals surface area contributed by atoms with Crippen LogP contribution in [0.25, 0.3) is 0 Å². The molecule has 0 spiro atoms. The number of carbonyl (C=O) groups excluding carboxylic acids is 1. The highest BCUT2D eigenvalue weighted by molar-refractivity contribution is 5.78. The van der Waals surface area contributed by atoms with Crippen LogP contribution >= 0.6 is 0 Å². The molecule has 2 nitrogen and oxygen atoms in total. The fourth-order valence-corrected chi connectivity index (χ4v) is 2.91. The van der Waals surface area contributed by atoms with Crippen LogP contribution in [0.15, 0.2) is 24.3 Å². The molecule has 20 heavy (non-hydrogen) atoms. The third-order valence-electron chi connectivity index (χ3n) is 4.31. The first-order valence-corrected chi connectivity index (χ1v) is 8.03. The van der Waals surface area contributed by atoms with Gasteiger partial charge < -0.3 is 5.32 Å². The normalized spacial score (nSPS) is 15.8. The molecule has 1 saturated carbocycles. The predicted octanol–water partition coefficient (Wildman–Crippen LogP) is 4.05. The van der Waals surface area contributed by atoms with E-state index in [0.29, 0.717) is 11.8 Å². The van der Waals surface area contributed by atoms with E-state index >= 15 is 0 Å². The van der Waals surface area contributed by atoms with Gasteiger partial charge >= 0.3 is 0 Å². The number of nitrogens with one attached hydrogen (secondary N) is 1. The van der Waals surface area contributed by atoms with Crippen molar-refractivity contribution in [1.82, 2.24) is 5.32 Å². The lowest BCUT2D eigenvalue weighted by atomic mass is 10.0. The van der Waals surface area contributed by atoms with Gasteiger partial charge in [0.1, 0.15) is 0 Å². The van der Waals surface area contributed by atoms with E-state index in [2.05, 4.69) is 43.4 Å². The second kappa shape index (κ2) is 7.47. The maximum Gasteiger partial charge on any atom is 0.223 e. The summed E-state index contributed by atoms with van der Waals surface area (Å²) in [5.74, 6) is 1.16. The quantitative estimate of drug-likeness (QED) is 0.778. The van der Waals surface area contributed by atoms with Crippen LogP contribution in [0, 0.1) is 5.92 Å². The molecule has 0 aromatic heterocycles. The van der Waals surface area contributed by atoms with Crippen LogP contribution < -0.4 is 5.32 Å². The number of aryl methyl sites for hydroxylation is 1. The van der Waals surface area contributed by atoms with Gasteiger partial charge in [0.25, 0.3) is 0 Å². The van der Waals surface area contributed by atoms with E-state index in [-0.39, 0.29) is 5.91 Å². The minimum atomic E-state index is 0.276. The molecule has 0 saturated heterocycles. The van der Waals surface area contributed by atoms with Gasteiger partial charge in [0.2, 0.25) is 5.91 Å². The van der Waals surface area contributed by atoms with Gasteiger partial charge in [0.15, 0.2) is 0 Å². The molecule has 1 N–H and O–H groups in total. The van der Waals surface area contributed by atoms with E-state index in [1.54, 1.807) is 0 Å². The summed E-state index contributed by atoms with van der Waals surface area (Å²) in [4.78, 5) is 11.9. The van der Waals surface area contributed by atoms with E-state index in [0.717, 1.165) is 32.2 Å². The number of amides is 1. The lowest BCUT2D eigenvalue weighted by Gasteiger charge is -2.10. The van der Waals surface area contributed by atoms with Crippen molar-refractivity contribution in [2.75, 3.05) is 6.54 Å². The summed E-state index contributed by atoms with van der Waals surface area (Å²) in [5.41, 5.74) is 2.76. The third-order valence-corrected chi connectivity index (χ3v) is 4.31. The van der Waals surface area contributed by atoms with E-state index < -0.39 is 0 Å². The Morgan fingerprint density at radius 3 is 2.45 bits per heavy atom. The molecule has 1 aliphatic carbocycles. The number of rotatable bonds is 6. The van der Waals surface area contributed by atoms with Gasteiger partial charge in [-0.15, -0.1) is 0 Å². The van der Waals surface area contributed by atoms with E-state index in [1.807, 2.05) is 0 Å². The molecule has 0 heterocycles. The fourth-order valence-electron chi connectivity index (χ4n) is 2.91. The number of carbonyl (C=O) groups is 1. The highest BCUT2D eigenvalue weighted by Gasteiger charge is 2.21. The maximum atomic E-state index is 11.9. The minimum Gasteiger partial charge on any atom is -0.356 e. The Hall–Kier alpha value is -1.31. The van der Waals surface area contributed by atoms with E-state index in [4.69, 9.17) is 0 Å². The van der Waals surface area contributed by atoms with Gasteiger partial charge in [-0.2, -0.15) is 0 Å². The van der Waals surface area contributed by atoms with Gasteiger partial charge in [-0.3, -0.25) is 4.79 Å². The summed E-state index contributed by atoms with van der Waals surface area (Å²) in [6.07, 6.45) is 6.69. The zero-order valence-electron chi connectivity index (χ0n) is 12.8. The van der Waals surface area contributed by atoms with Crippen molar-refractivity contribution < 1.29 is 4.79 Å². The average molecular weight is 273 g/mol. The molecule has 1 aliphatic rings. The molecule has 1 aromatic carbocycles. The summed E-state index contributed by atoms with van der Waals surface area (Å²) in [6.45, 7) is 5.24. The predicted molar refractivity (Wildman–Crippen MR) is 83.8 cm³/mol. The van der Waals surface area contributed by atoms with Crippen molar-refractivity contribution in [2.24, 2.45) is 5.92 Å². The summed E-state index contributed by atoms with van der Waals surface area (Å²) in [6, 6.07) is 8.87. The molecule has 0 bridgehead atoms. The summed E-state index contributed by atoms with van der Waals surface area (Å²) in [7, 11) is 0. The Kier molecular flexibility index (Phi) is 5.63. The van der Waals surface area contributed by atoms with Gasteiger partial charge in [-0.25, -0.2) is 0 Å². The molecule has 1 aromatic rings. The molecule has 2 heteroatoms. The van der Waals surface area contributed by atoms with Gasteiger partial charge in [0, 0.05) is 12.5 Å². The summed E-state index contributed by atoms with van der Waals surface area (Å²) < 4.78 is 0. The maximum absolute atomic E-state index is 11.9. The van der Waals surface area contributed by atoms with Crippen LogP contribution in [0.2, 0.25) is 0 Å². The van der Waals surface area contributed by atoms with E-state index in [9.17, 15) is 4.79 Å². The molecular formula is C18H27NO. The van der Waals surface area contributed by atoms with Crippen molar-refractivity contribution in [1.29, 1.82) is 0 Å². The van der Waals surface area contributed by atoms with Crippen LogP contribution in [-0.4, -0.2) is 12.5 Å². The van der Waals surface area contributed by atoms with Gasteiger partial charge in [0.05, 0.1) is 0 Å². The third kappa shape index (κ3) is 4.36. The Morgan fingerprint density at radius 1 is 1.20 bits per heavy atom. The van der Waals surface area contributed by atoms with E-state index in [1.165, 1.54) is 24.0 Å². The molecule has 2 rings (SSSR count). The molecule has 110 valence electrons. The van der Waals surface area contributed by atoms with Crippen molar-refractivity contribution in [2.45, 2.75) is 58.3 Å². The monoisotopic (exact) mass is 273 g/mol. The van der Waals surface area contributed by atoms with Crippen LogP contribution in [0.4, 0.5) is 0 Å². The molecule has 1 amide bonds. The highest BCUT2D eigenvalue weighted by Crippen LogP contribution is 2.24. The van der Waals surface area contributed by atoms with Gasteiger partial charge in [-0.1, -0.05) is 51.0 Å². The molecule has 0 unspecified atom stereocenters. The van der Waals surface area contributed by atoms with Crippen molar-refractivity contribution in [3.63, 3.8) is 0 Å². The Balaban J connectivity index is 1.66. The fraction of sp³-hybridized carbons (Fsp3) is 0.611. The molecule has 1 fully saturated rings. The number of hydrogen-bond acceptors (Lipinski definition) is 1. The first-order chi connectivity index (χ1) is 9.66. The van der Waals surface area contributed by atoms with Crippen LogP contribution in [0.5, 0.6) is 0 Å². The SMILES string of the molecule is CC(C)c1ccc(CCCNC(=O)C2CCCC2)cc1. The Labute approximate surface area is 123 Å². The lowest BCUT2D eigenvalue weighted by Crippen LogP contribution is -2.30. The zero-order valence-corrected chi connectivity index (χ0v) is 12.8. The van der Waals surface area contributed by atoms with Crippen molar-refractivity contribution in [3.8, 4) is 0 Å².